The summed E-state index contributed by atoms with van der Waals surface area (Å²) in [7, 11) is -3.57. The van der Waals surface area contributed by atoms with Gasteiger partial charge in [-0.25, -0.2) is 8.42 Å². The number of hydrogen-bond acceptors (Lipinski definition) is 5. The Kier molecular flexibility index (Phi) is 5.88. The lowest BCUT2D eigenvalue weighted by Crippen LogP contribution is -2.48. The first-order valence-corrected chi connectivity index (χ1v) is 9.78. The molecule has 0 saturated carbocycles. The lowest BCUT2D eigenvalue weighted by Gasteiger charge is -2.33. The van der Waals surface area contributed by atoms with Gasteiger partial charge < -0.3 is 9.47 Å². The lowest BCUT2D eigenvalue weighted by molar-refractivity contribution is -0.237. The molecule has 2 saturated heterocycles. The standard InChI is InChI=1S/C16H21F3N2O4S/c17-16(18,19)15-12-20(5-10-25-15)11-13-1-3-14(4-2-13)26(22,23)21-6-8-24-9-7-21/h1-4,15H,5-12H2. The van der Waals surface area contributed by atoms with Crippen LogP contribution in [0.4, 0.5) is 13.2 Å². The fourth-order valence-corrected chi connectivity index (χ4v) is 4.41. The monoisotopic (exact) mass is 394 g/mol. The Morgan fingerprint density at radius 3 is 2.31 bits per heavy atom. The molecule has 6 nitrogen and oxygen atoms in total. The third kappa shape index (κ3) is 4.55. The van der Waals surface area contributed by atoms with Gasteiger partial charge in [0.05, 0.1) is 24.7 Å². The smallest absolute Gasteiger partial charge is 0.379 e. The largest absolute Gasteiger partial charge is 0.415 e. The first-order valence-electron chi connectivity index (χ1n) is 8.34. The molecule has 2 aliphatic rings. The molecule has 146 valence electrons. The van der Waals surface area contributed by atoms with E-state index in [9.17, 15) is 21.6 Å². The van der Waals surface area contributed by atoms with E-state index in [-0.39, 0.29) is 18.0 Å². The zero-order chi connectivity index (χ0) is 18.8. The van der Waals surface area contributed by atoms with Crippen LogP contribution in [-0.4, -0.2) is 75.9 Å². The Hall–Kier alpha value is -1.20. The number of alkyl halides is 3. The van der Waals surface area contributed by atoms with E-state index < -0.39 is 22.3 Å². The molecule has 1 aromatic rings. The van der Waals surface area contributed by atoms with Gasteiger partial charge in [0, 0.05) is 32.7 Å². The van der Waals surface area contributed by atoms with Gasteiger partial charge in [0.15, 0.2) is 6.10 Å². The molecule has 1 aromatic carbocycles. The van der Waals surface area contributed by atoms with Crippen molar-refractivity contribution in [1.29, 1.82) is 0 Å². The second kappa shape index (κ2) is 7.81. The van der Waals surface area contributed by atoms with E-state index in [2.05, 4.69) is 0 Å². The molecule has 0 N–H and O–H groups in total. The topological polar surface area (TPSA) is 59.1 Å². The first-order chi connectivity index (χ1) is 12.3. The van der Waals surface area contributed by atoms with Gasteiger partial charge in [0.25, 0.3) is 0 Å². The van der Waals surface area contributed by atoms with Crippen LogP contribution in [0.2, 0.25) is 0 Å². The number of hydrogen-bond donors (Lipinski definition) is 0. The molecule has 0 bridgehead atoms. The van der Waals surface area contributed by atoms with E-state index in [4.69, 9.17) is 9.47 Å². The Morgan fingerprint density at radius 2 is 1.69 bits per heavy atom. The third-order valence-electron chi connectivity index (χ3n) is 4.45. The number of ether oxygens (including phenoxy) is 2. The van der Waals surface area contributed by atoms with E-state index in [1.165, 1.54) is 16.4 Å². The number of nitrogens with zero attached hydrogens (tertiary/aromatic N) is 2. The summed E-state index contributed by atoms with van der Waals surface area (Å²) >= 11 is 0. The van der Waals surface area contributed by atoms with Crippen molar-refractivity contribution in [2.24, 2.45) is 0 Å². The van der Waals surface area contributed by atoms with Crippen molar-refractivity contribution in [3.8, 4) is 0 Å². The molecule has 0 amide bonds. The molecule has 2 aliphatic heterocycles. The summed E-state index contributed by atoms with van der Waals surface area (Å²) in [4.78, 5) is 1.84. The molecule has 10 heteroatoms. The molecule has 0 aliphatic carbocycles. The van der Waals surface area contributed by atoms with Crippen LogP contribution < -0.4 is 0 Å². The molecule has 26 heavy (non-hydrogen) atoms. The predicted molar refractivity (Wildman–Crippen MR) is 87.1 cm³/mol. The fourth-order valence-electron chi connectivity index (χ4n) is 3.01. The number of halogens is 3. The average Bonchev–Trinajstić information content (AvgIpc) is 2.62. The summed E-state index contributed by atoms with van der Waals surface area (Å²) in [6.45, 7) is 1.88. The van der Waals surface area contributed by atoms with E-state index in [1.807, 2.05) is 0 Å². The minimum absolute atomic E-state index is 0.0215. The quantitative estimate of drug-likeness (QED) is 0.774. The van der Waals surface area contributed by atoms with Crippen LogP contribution in [0.25, 0.3) is 0 Å². The first kappa shape index (κ1) is 19.6. The SMILES string of the molecule is O=S(=O)(c1ccc(CN2CCOC(C(F)(F)F)C2)cc1)N1CCOCC1. The molecule has 1 atom stereocenters. The fraction of sp³-hybridized carbons (Fsp3) is 0.625. The van der Waals surface area contributed by atoms with Gasteiger partial charge in [-0.2, -0.15) is 17.5 Å². The van der Waals surface area contributed by atoms with Crippen LogP contribution in [0, 0.1) is 0 Å². The molecule has 0 radical (unpaired) electrons. The van der Waals surface area contributed by atoms with Crippen LogP contribution in [0.3, 0.4) is 0 Å². The van der Waals surface area contributed by atoms with E-state index in [0.29, 0.717) is 39.4 Å². The van der Waals surface area contributed by atoms with Crippen LogP contribution in [0.15, 0.2) is 29.2 Å². The molecule has 1 unspecified atom stereocenters. The summed E-state index contributed by atoms with van der Waals surface area (Å²) in [5, 5.41) is 0. The number of rotatable bonds is 4. The van der Waals surface area contributed by atoms with Crippen LogP contribution >= 0.6 is 0 Å². The summed E-state index contributed by atoms with van der Waals surface area (Å²) in [6, 6.07) is 6.29. The van der Waals surface area contributed by atoms with E-state index >= 15 is 0 Å². The van der Waals surface area contributed by atoms with Gasteiger partial charge in [0.1, 0.15) is 0 Å². The van der Waals surface area contributed by atoms with Crippen molar-refractivity contribution in [3.63, 3.8) is 0 Å². The molecule has 0 spiro atoms. The molecule has 2 fully saturated rings. The Labute approximate surface area is 150 Å². The number of morpholine rings is 2. The summed E-state index contributed by atoms with van der Waals surface area (Å²) in [5.41, 5.74) is 0.758. The highest BCUT2D eigenvalue weighted by atomic mass is 32.2. The Balaban J connectivity index is 1.64. The van der Waals surface area contributed by atoms with E-state index in [0.717, 1.165) is 5.56 Å². The van der Waals surface area contributed by atoms with Gasteiger partial charge in [-0.3, -0.25) is 4.90 Å². The van der Waals surface area contributed by atoms with Crippen molar-refractivity contribution >= 4 is 10.0 Å². The second-order valence-electron chi connectivity index (χ2n) is 6.30. The average molecular weight is 394 g/mol. The van der Waals surface area contributed by atoms with Crippen molar-refractivity contribution in [3.05, 3.63) is 29.8 Å². The van der Waals surface area contributed by atoms with Gasteiger partial charge in [-0.15, -0.1) is 0 Å². The van der Waals surface area contributed by atoms with E-state index in [1.54, 1.807) is 17.0 Å². The highest BCUT2D eigenvalue weighted by Crippen LogP contribution is 2.26. The maximum Gasteiger partial charge on any atom is 0.415 e. The van der Waals surface area contributed by atoms with Crippen molar-refractivity contribution in [2.75, 3.05) is 46.0 Å². The van der Waals surface area contributed by atoms with Crippen molar-refractivity contribution in [2.45, 2.75) is 23.7 Å². The Morgan fingerprint density at radius 1 is 1.04 bits per heavy atom. The third-order valence-corrected chi connectivity index (χ3v) is 6.37. The van der Waals surface area contributed by atoms with Crippen LogP contribution in [0.5, 0.6) is 0 Å². The van der Waals surface area contributed by atoms with Gasteiger partial charge >= 0.3 is 6.18 Å². The highest BCUT2D eigenvalue weighted by Gasteiger charge is 2.43. The van der Waals surface area contributed by atoms with Crippen molar-refractivity contribution in [1.82, 2.24) is 9.21 Å². The summed E-state index contributed by atoms with van der Waals surface area (Å²) in [5.74, 6) is 0. The summed E-state index contributed by atoms with van der Waals surface area (Å²) in [6.07, 6.45) is -6.16. The molecule has 2 heterocycles. The van der Waals surface area contributed by atoms with Gasteiger partial charge in [-0.05, 0) is 17.7 Å². The molecule has 3 rings (SSSR count). The zero-order valence-corrected chi connectivity index (χ0v) is 14.9. The highest BCUT2D eigenvalue weighted by molar-refractivity contribution is 7.89. The number of sulfonamides is 1. The predicted octanol–water partition coefficient (Wildman–Crippen LogP) is 1.47. The van der Waals surface area contributed by atoms with Crippen LogP contribution in [-0.2, 0) is 26.0 Å². The molecule has 0 aromatic heterocycles. The second-order valence-corrected chi connectivity index (χ2v) is 8.23. The lowest BCUT2D eigenvalue weighted by atomic mass is 10.2. The van der Waals surface area contributed by atoms with Gasteiger partial charge in [0.2, 0.25) is 10.0 Å². The Bertz CT molecular complexity index is 703. The molecular formula is C16H21F3N2O4S. The van der Waals surface area contributed by atoms with Crippen LogP contribution in [0.1, 0.15) is 5.56 Å². The zero-order valence-electron chi connectivity index (χ0n) is 14.1. The summed E-state index contributed by atoms with van der Waals surface area (Å²) < 4.78 is 74.8. The minimum Gasteiger partial charge on any atom is -0.379 e. The maximum atomic E-state index is 12.8. The maximum absolute atomic E-state index is 12.8. The minimum atomic E-state index is -4.38. The van der Waals surface area contributed by atoms with Crippen molar-refractivity contribution < 1.29 is 31.1 Å². The molecular weight excluding hydrogens is 373 g/mol. The normalized spacial score (nSPS) is 23.9. The number of benzene rings is 1. The van der Waals surface area contributed by atoms with Gasteiger partial charge in [-0.1, -0.05) is 12.1 Å².